The van der Waals surface area contributed by atoms with Crippen molar-refractivity contribution in [3.05, 3.63) is 176 Å². The van der Waals surface area contributed by atoms with Crippen LogP contribution in [-0.4, -0.2) is 14.4 Å². The smallest absolute Gasteiger partial charge is 0.156 e. The number of nitrogens with zero attached hydrogens (tertiary/aromatic N) is 3. The van der Waals surface area contributed by atoms with Gasteiger partial charge in [0.1, 0.15) is 0 Å². The van der Waals surface area contributed by atoms with E-state index >= 15 is 0 Å². The second-order valence-corrected chi connectivity index (χ2v) is 15.2. The Balaban J connectivity index is 1.01. The fourth-order valence-electron chi connectivity index (χ4n) is 8.56. The first-order valence-corrected chi connectivity index (χ1v) is 19.1. The maximum absolute atomic E-state index is 5.36. The molecule has 0 aliphatic heterocycles. The van der Waals surface area contributed by atoms with E-state index in [0.717, 1.165) is 38.8 Å². The van der Waals surface area contributed by atoms with Gasteiger partial charge in [-0.1, -0.05) is 140 Å². The molecule has 0 amide bonds. The monoisotopic (exact) mass is 703 g/mol. The number of aromatic nitrogens is 3. The zero-order valence-electron chi connectivity index (χ0n) is 29.0. The molecule has 0 aliphatic rings. The summed E-state index contributed by atoms with van der Waals surface area (Å²) in [6.07, 6.45) is 1.88. The summed E-state index contributed by atoms with van der Waals surface area (Å²) in [5, 5.41) is 11.1. The molecule has 0 fully saturated rings. The topological polar surface area (TPSA) is 30.2 Å². The van der Waals surface area contributed by atoms with Crippen LogP contribution in [0.3, 0.4) is 0 Å². The van der Waals surface area contributed by atoms with Gasteiger partial charge in [0.15, 0.2) is 5.65 Å². The number of fused-ring (bicyclic) bond motifs is 13. The molecule has 0 bridgehead atoms. The molecule has 4 heterocycles. The summed E-state index contributed by atoms with van der Waals surface area (Å²) >= 11 is 1.86. The van der Waals surface area contributed by atoms with E-state index in [-0.39, 0.29) is 0 Å². The van der Waals surface area contributed by atoms with Gasteiger partial charge in [0.05, 0.1) is 26.9 Å². The van der Waals surface area contributed by atoms with Crippen molar-refractivity contribution in [2.45, 2.75) is 0 Å². The van der Waals surface area contributed by atoms with Crippen LogP contribution in [0.4, 0.5) is 0 Å². The lowest BCUT2D eigenvalue weighted by molar-refractivity contribution is 1.25. The molecule has 0 spiro atoms. The molecule has 8 aromatic carbocycles. The van der Waals surface area contributed by atoms with Crippen molar-refractivity contribution in [3.63, 3.8) is 0 Å². The lowest BCUT2D eigenvalue weighted by Crippen LogP contribution is -1.93. The molecule has 250 valence electrons. The van der Waals surface area contributed by atoms with Crippen LogP contribution in [0, 0.1) is 0 Å². The summed E-state index contributed by atoms with van der Waals surface area (Å²) in [6.45, 7) is 0. The van der Waals surface area contributed by atoms with Crippen LogP contribution in [0.2, 0.25) is 0 Å². The molecule has 3 nitrogen and oxygen atoms in total. The molecular weight excluding hydrogens is 675 g/mol. The van der Waals surface area contributed by atoms with Crippen molar-refractivity contribution in [1.29, 1.82) is 0 Å². The Hall–Kier alpha value is -6.88. The third kappa shape index (κ3) is 4.35. The lowest BCUT2D eigenvalue weighted by atomic mass is 9.94. The Labute approximate surface area is 314 Å². The largest absolute Gasteiger partial charge is 0.291 e. The molecular formula is C50H29N3S. The van der Waals surface area contributed by atoms with E-state index < -0.39 is 0 Å². The second-order valence-electron chi connectivity index (χ2n) is 14.2. The summed E-state index contributed by atoms with van der Waals surface area (Å²) in [5.41, 5.74) is 11.3. The predicted molar refractivity (Wildman–Crippen MR) is 230 cm³/mol. The first-order chi connectivity index (χ1) is 26.7. The van der Waals surface area contributed by atoms with E-state index in [1.807, 2.05) is 23.6 Å². The first-order valence-electron chi connectivity index (χ1n) is 18.3. The van der Waals surface area contributed by atoms with Crippen molar-refractivity contribution in [1.82, 2.24) is 14.4 Å². The molecule has 0 atom stereocenters. The minimum atomic E-state index is 1.01. The number of rotatable bonds is 3. The molecule has 54 heavy (non-hydrogen) atoms. The molecule has 0 aliphatic carbocycles. The fourth-order valence-corrected chi connectivity index (χ4v) is 9.85. The van der Waals surface area contributed by atoms with Crippen LogP contribution in [0.5, 0.6) is 0 Å². The Morgan fingerprint density at radius 3 is 1.87 bits per heavy atom. The quantitative estimate of drug-likeness (QED) is 0.172. The SMILES string of the molecule is c1ccc2cc3c(cc2c1)nc1c2sc4c5ccccc5ccc4c2cc(-c2ccc(-c4ccc(-c5cc6cccnc6c6ccccc56)cc4)cc2)n31. The van der Waals surface area contributed by atoms with Gasteiger partial charge in [0.2, 0.25) is 0 Å². The summed E-state index contributed by atoms with van der Waals surface area (Å²) in [4.78, 5) is 10.1. The van der Waals surface area contributed by atoms with Gasteiger partial charge in [-0.3, -0.25) is 9.38 Å². The molecule has 0 radical (unpaired) electrons. The second kappa shape index (κ2) is 11.3. The molecule has 4 aromatic heterocycles. The Morgan fingerprint density at radius 2 is 1.07 bits per heavy atom. The third-order valence-corrected chi connectivity index (χ3v) is 12.4. The number of hydrogen-bond acceptors (Lipinski definition) is 3. The molecule has 0 saturated heterocycles. The highest BCUT2D eigenvalue weighted by atomic mass is 32.1. The highest BCUT2D eigenvalue weighted by molar-refractivity contribution is 7.27. The Kier molecular flexibility index (Phi) is 6.21. The fraction of sp³-hybridized carbons (Fsp3) is 0. The standard InChI is InChI=1S/C50H29N3S/c1-2-10-36-28-46-44(27-35(36)9-1)52-50-49-43(41-24-23-32-8-3-4-12-38(32)48(41)54-49)29-45(53(46)50)34-21-17-31(18-22-34)30-15-19-33(20-16-30)42-26-37-11-7-25-51-47(37)40-14-6-5-13-39(40)42/h1-29H. The van der Waals surface area contributed by atoms with Crippen LogP contribution < -0.4 is 0 Å². The van der Waals surface area contributed by atoms with Gasteiger partial charge in [-0.2, -0.15) is 0 Å². The number of thiophene rings is 1. The molecule has 0 N–H and O–H groups in total. The highest BCUT2D eigenvalue weighted by Gasteiger charge is 2.19. The molecule has 12 rings (SSSR count). The number of hydrogen-bond donors (Lipinski definition) is 0. The van der Waals surface area contributed by atoms with E-state index in [9.17, 15) is 0 Å². The summed E-state index contributed by atoms with van der Waals surface area (Å²) in [6, 6.07) is 61.8. The normalized spacial score (nSPS) is 12.1. The maximum atomic E-state index is 5.36. The minimum Gasteiger partial charge on any atom is -0.291 e. The van der Waals surface area contributed by atoms with E-state index in [4.69, 9.17) is 9.97 Å². The van der Waals surface area contributed by atoms with Gasteiger partial charge in [-0.15, -0.1) is 11.3 Å². The number of pyridine rings is 2. The molecule has 12 aromatic rings. The van der Waals surface area contributed by atoms with Crippen molar-refractivity contribution in [2.75, 3.05) is 0 Å². The highest BCUT2D eigenvalue weighted by Crippen LogP contribution is 2.44. The Bertz CT molecular complexity index is 3480. The summed E-state index contributed by atoms with van der Waals surface area (Å²) < 4.78 is 4.92. The summed E-state index contributed by atoms with van der Waals surface area (Å²) in [5.74, 6) is 0. The molecule has 4 heteroatoms. The average molecular weight is 704 g/mol. The molecule has 0 saturated carbocycles. The van der Waals surface area contributed by atoms with Gasteiger partial charge in [0.25, 0.3) is 0 Å². The van der Waals surface area contributed by atoms with Crippen molar-refractivity contribution in [3.8, 4) is 33.5 Å². The van der Waals surface area contributed by atoms with Crippen LogP contribution in [-0.2, 0) is 0 Å². The van der Waals surface area contributed by atoms with Gasteiger partial charge < -0.3 is 0 Å². The number of imidazole rings is 1. The van der Waals surface area contributed by atoms with E-state index in [0.29, 0.717) is 0 Å². The van der Waals surface area contributed by atoms with E-state index in [1.54, 1.807) is 0 Å². The van der Waals surface area contributed by atoms with Gasteiger partial charge in [-0.05, 0) is 85.1 Å². The van der Waals surface area contributed by atoms with Gasteiger partial charge >= 0.3 is 0 Å². The van der Waals surface area contributed by atoms with Crippen molar-refractivity contribution >= 4 is 91.4 Å². The molecule has 0 unspecified atom stereocenters. The number of benzene rings is 8. The third-order valence-electron chi connectivity index (χ3n) is 11.2. The zero-order chi connectivity index (χ0) is 35.3. The van der Waals surface area contributed by atoms with Crippen LogP contribution in [0.25, 0.3) is 114 Å². The van der Waals surface area contributed by atoms with Crippen molar-refractivity contribution < 1.29 is 0 Å². The summed E-state index contributed by atoms with van der Waals surface area (Å²) in [7, 11) is 0. The van der Waals surface area contributed by atoms with Crippen LogP contribution in [0.1, 0.15) is 0 Å². The zero-order valence-corrected chi connectivity index (χ0v) is 29.8. The maximum Gasteiger partial charge on any atom is 0.156 e. The van der Waals surface area contributed by atoms with E-state index in [2.05, 4.69) is 168 Å². The minimum absolute atomic E-state index is 1.01. The average Bonchev–Trinajstić information content (AvgIpc) is 3.81. The van der Waals surface area contributed by atoms with Gasteiger partial charge in [0, 0.05) is 32.4 Å². The van der Waals surface area contributed by atoms with E-state index in [1.165, 1.54) is 74.7 Å². The predicted octanol–water partition coefficient (Wildman–Crippen LogP) is 13.9. The van der Waals surface area contributed by atoms with Crippen LogP contribution >= 0.6 is 11.3 Å². The van der Waals surface area contributed by atoms with Gasteiger partial charge in [-0.25, -0.2) is 4.98 Å². The van der Waals surface area contributed by atoms with Crippen molar-refractivity contribution in [2.24, 2.45) is 0 Å². The lowest BCUT2D eigenvalue weighted by Gasteiger charge is -2.12. The first kappa shape index (κ1) is 29.7. The Morgan fingerprint density at radius 1 is 0.426 bits per heavy atom. The van der Waals surface area contributed by atoms with Crippen LogP contribution in [0.15, 0.2) is 176 Å².